The van der Waals surface area contributed by atoms with Crippen molar-refractivity contribution in [2.45, 2.75) is 25.7 Å². The lowest BCUT2D eigenvalue weighted by Crippen LogP contribution is -2.37. The Kier molecular flexibility index (Phi) is 7.89. The van der Waals surface area contributed by atoms with Crippen LogP contribution >= 0.6 is 0 Å². The highest BCUT2D eigenvalue weighted by molar-refractivity contribution is 6.07. The Morgan fingerprint density at radius 2 is 2.10 bits per heavy atom. The number of carbonyl (C=O) groups is 1. The van der Waals surface area contributed by atoms with Gasteiger partial charge in [-0.25, -0.2) is 0 Å². The van der Waals surface area contributed by atoms with Gasteiger partial charge >= 0.3 is 0 Å². The molecule has 0 aliphatic rings. The van der Waals surface area contributed by atoms with Crippen LogP contribution in [0.25, 0.3) is 0 Å². The molecule has 1 amide bonds. The lowest BCUT2D eigenvalue weighted by atomic mass is 9.97. The number of nitrogens with zero attached hydrogens (tertiary/aromatic N) is 1. The first-order valence-corrected chi connectivity index (χ1v) is 7.08. The second-order valence-electron chi connectivity index (χ2n) is 4.63. The molecule has 0 heterocycles. The number of rotatable bonds is 9. The van der Waals surface area contributed by atoms with Crippen molar-refractivity contribution in [2.24, 2.45) is 10.9 Å². The fourth-order valence-corrected chi connectivity index (χ4v) is 1.89. The van der Waals surface area contributed by atoms with E-state index in [4.69, 9.17) is 15.7 Å². The SMILES string of the molecule is CCCOCCCNC(=O)C(/C(N)=N/O)c1ccccc1. The van der Waals surface area contributed by atoms with Gasteiger partial charge in [0.2, 0.25) is 5.91 Å². The maximum absolute atomic E-state index is 12.2. The first kappa shape index (κ1) is 17.0. The molecule has 21 heavy (non-hydrogen) atoms. The molecule has 0 radical (unpaired) electrons. The molecule has 4 N–H and O–H groups in total. The zero-order chi connectivity index (χ0) is 15.5. The summed E-state index contributed by atoms with van der Waals surface area (Å²) in [6, 6.07) is 8.99. The second-order valence-corrected chi connectivity index (χ2v) is 4.63. The minimum Gasteiger partial charge on any atom is -0.409 e. The summed E-state index contributed by atoms with van der Waals surface area (Å²) in [6.07, 6.45) is 1.70. The van der Waals surface area contributed by atoms with Gasteiger partial charge in [0.25, 0.3) is 0 Å². The van der Waals surface area contributed by atoms with Crippen LogP contribution in [0.3, 0.4) is 0 Å². The van der Waals surface area contributed by atoms with Crippen LogP contribution in [0.15, 0.2) is 35.5 Å². The summed E-state index contributed by atoms with van der Waals surface area (Å²) in [7, 11) is 0. The Hall–Kier alpha value is -2.08. The number of benzene rings is 1. The van der Waals surface area contributed by atoms with E-state index in [0.717, 1.165) is 19.4 Å². The average Bonchev–Trinajstić information content (AvgIpc) is 2.51. The van der Waals surface area contributed by atoms with Gasteiger partial charge in [-0.1, -0.05) is 42.4 Å². The highest BCUT2D eigenvalue weighted by Crippen LogP contribution is 2.15. The molecule has 6 nitrogen and oxygen atoms in total. The molecule has 0 aliphatic carbocycles. The van der Waals surface area contributed by atoms with E-state index in [0.29, 0.717) is 18.7 Å². The van der Waals surface area contributed by atoms with Crippen LogP contribution in [0.5, 0.6) is 0 Å². The van der Waals surface area contributed by atoms with Gasteiger partial charge in [0.15, 0.2) is 5.84 Å². The van der Waals surface area contributed by atoms with Crippen LogP contribution in [0, 0.1) is 0 Å². The predicted octanol–water partition coefficient (Wildman–Crippen LogP) is 1.45. The highest BCUT2D eigenvalue weighted by atomic mass is 16.5. The zero-order valence-corrected chi connectivity index (χ0v) is 12.3. The predicted molar refractivity (Wildman–Crippen MR) is 81.3 cm³/mol. The molecular weight excluding hydrogens is 270 g/mol. The quantitative estimate of drug-likeness (QED) is 0.211. The molecule has 0 aliphatic heterocycles. The Bertz CT molecular complexity index is 449. The van der Waals surface area contributed by atoms with Crippen LogP contribution in [0.4, 0.5) is 0 Å². The number of ether oxygens (including phenoxy) is 1. The summed E-state index contributed by atoms with van der Waals surface area (Å²) >= 11 is 0. The van der Waals surface area contributed by atoms with Gasteiger partial charge in [0, 0.05) is 19.8 Å². The molecule has 0 fully saturated rings. The first-order valence-electron chi connectivity index (χ1n) is 7.08. The minimum absolute atomic E-state index is 0.124. The Labute approximate surface area is 125 Å². The van der Waals surface area contributed by atoms with Gasteiger partial charge in [-0.15, -0.1) is 0 Å². The number of hydrogen-bond acceptors (Lipinski definition) is 4. The largest absolute Gasteiger partial charge is 0.409 e. The second kappa shape index (κ2) is 9.77. The third kappa shape index (κ3) is 5.83. The lowest BCUT2D eigenvalue weighted by Gasteiger charge is -2.15. The van der Waals surface area contributed by atoms with E-state index < -0.39 is 5.92 Å². The van der Waals surface area contributed by atoms with Crippen molar-refractivity contribution >= 4 is 11.7 Å². The number of carbonyl (C=O) groups excluding carboxylic acids is 1. The molecule has 1 aromatic rings. The van der Waals surface area contributed by atoms with Crippen LogP contribution in [-0.2, 0) is 9.53 Å². The number of amidine groups is 1. The molecular formula is C15H23N3O3. The summed E-state index contributed by atoms with van der Waals surface area (Å²) in [5.41, 5.74) is 6.32. The molecule has 0 saturated carbocycles. The standard InChI is InChI=1S/C15H23N3O3/c1-2-10-21-11-6-9-17-15(19)13(14(16)18-20)12-7-4-3-5-8-12/h3-5,7-8,13,20H,2,6,9-11H2,1H3,(H2,16,18)(H,17,19). The van der Waals surface area contributed by atoms with E-state index in [-0.39, 0.29) is 11.7 Å². The monoisotopic (exact) mass is 293 g/mol. The molecule has 1 atom stereocenters. The van der Waals surface area contributed by atoms with E-state index in [9.17, 15) is 4.79 Å². The highest BCUT2D eigenvalue weighted by Gasteiger charge is 2.24. The van der Waals surface area contributed by atoms with Gasteiger partial charge in [-0.3, -0.25) is 4.79 Å². The molecule has 116 valence electrons. The topological polar surface area (TPSA) is 96.9 Å². The van der Waals surface area contributed by atoms with Gasteiger partial charge in [0.1, 0.15) is 5.92 Å². The normalized spacial score (nSPS) is 12.9. The Morgan fingerprint density at radius 1 is 1.38 bits per heavy atom. The Balaban J connectivity index is 2.54. The molecule has 1 unspecified atom stereocenters. The summed E-state index contributed by atoms with van der Waals surface area (Å²) in [4.78, 5) is 12.2. The molecule has 1 rings (SSSR count). The molecule has 6 heteroatoms. The van der Waals surface area contributed by atoms with Crippen LogP contribution in [0.1, 0.15) is 31.2 Å². The number of hydrogen-bond donors (Lipinski definition) is 3. The molecule has 1 aromatic carbocycles. The number of oxime groups is 1. The third-order valence-electron chi connectivity index (χ3n) is 2.92. The van der Waals surface area contributed by atoms with Crippen molar-refractivity contribution in [3.63, 3.8) is 0 Å². The van der Waals surface area contributed by atoms with Crippen LogP contribution in [0.2, 0.25) is 0 Å². The van der Waals surface area contributed by atoms with Crippen molar-refractivity contribution in [1.29, 1.82) is 0 Å². The van der Waals surface area contributed by atoms with Crippen molar-refractivity contribution in [2.75, 3.05) is 19.8 Å². The van der Waals surface area contributed by atoms with Gasteiger partial charge in [-0.2, -0.15) is 0 Å². The van der Waals surface area contributed by atoms with Crippen molar-refractivity contribution in [3.8, 4) is 0 Å². The average molecular weight is 293 g/mol. The van der Waals surface area contributed by atoms with E-state index in [1.807, 2.05) is 13.0 Å². The summed E-state index contributed by atoms with van der Waals surface area (Å²) in [5.74, 6) is -1.19. The van der Waals surface area contributed by atoms with E-state index >= 15 is 0 Å². The fourth-order valence-electron chi connectivity index (χ4n) is 1.89. The molecule has 0 bridgehead atoms. The molecule has 0 aromatic heterocycles. The third-order valence-corrected chi connectivity index (χ3v) is 2.92. The first-order chi connectivity index (χ1) is 10.2. The number of nitrogens with two attached hydrogens (primary N) is 1. The van der Waals surface area contributed by atoms with Crippen molar-refractivity contribution < 1.29 is 14.7 Å². The number of amides is 1. The fraction of sp³-hybridized carbons (Fsp3) is 0.467. The maximum Gasteiger partial charge on any atom is 0.235 e. The van der Waals surface area contributed by atoms with E-state index in [1.165, 1.54) is 0 Å². The van der Waals surface area contributed by atoms with Crippen molar-refractivity contribution in [3.05, 3.63) is 35.9 Å². The number of nitrogens with one attached hydrogen (secondary N) is 1. The molecule has 0 saturated heterocycles. The van der Waals surface area contributed by atoms with Crippen molar-refractivity contribution in [1.82, 2.24) is 5.32 Å². The zero-order valence-electron chi connectivity index (χ0n) is 12.3. The van der Waals surface area contributed by atoms with E-state index in [2.05, 4.69) is 10.5 Å². The summed E-state index contributed by atoms with van der Waals surface area (Å²) in [5, 5.41) is 14.6. The maximum atomic E-state index is 12.2. The molecule has 0 spiro atoms. The van der Waals surface area contributed by atoms with Gasteiger partial charge in [0.05, 0.1) is 0 Å². The van der Waals surface area contributed by atoms with Crippen LogP contribution in [-0.4, -0.2) is 36.7 Å². The van der Waals surface area contributed by atoms with E-state index in [1.54, 1.807) is 24.3 Å². The smallest absolute Gasteiger partial charge is 0.235 e. The lowest BCUT2D eigenvalue weighted by molar-refractivity contribution is -0.121. The minimum atomic E-state index is -0.784. The van der Waals surface area contributed by atoms with Gasteiger partial charge < -0.3 is 21.0 Å². The Morgan fingerprint density at radius 3 is 2.71 bits per heavy atom. The summed E-state index contributed by atoms with van der Waals surface area (Å²) < 4.78 is 5.34. The van der Waals surface area contributed by atoms with Gasteiger partial charge in [-0.05, 0) is 18.4 Å². The van der Waals surface area contributed by atoms with Crippen LogP contribution < -0.4 is 11.1 Å². The summed E-state index contributed by atoms with van der Waals surface area (Å²) in [6.45, 7) is 3.87.